The highest BCUT2D eigenvalue weighted by atomic mass is 35.5. The third kappa shape index (κ3) is 2.84. The highest BCUT2D eigenvalue weighted by Gasteiger charge is 2.29. The Balaban J connectivity index is 1.83. The second-order valence-corrected chi connectivity index (χ2v) is 5.90. The molecular formula is C15H17ClN4O2. The van der Waals surface area contributed by atoms with E-state index in [1.165, 1.54) is 0 Å². The molecule has 7 heteroatoms. The van der Waals surface area contributed by atoms with Gasteiger partial charge in [-0.2, -0.15) is 0 Å². The fraction of sp³-hybridized carbons (Fsp3) is 0.400. The van der Waals surface area contributed by atoms with Gasteiger partial charge in [0.05, 0.1) is 5.69 Å². The number of rotatable bonds is 3. The Hall–Kier alpha value is -1.92. The molecule has 2 aromatic rings. The zero-order chi connectivity index (χ0) is 15.7. The summed E-state index contributed by atoms with van der Waals surface area (Å²) < 4.78 is 1.63. The Morgan fingerprint density at radius 1 is 1.41 bits per heavy atom. The number of benzene rings is 1. The molecule has 1 aliphatic rings. The minimum atomic E-state index is -0.188. The predicted molar refractivity (Wildman–Crippen MR) is 82.2 cm³/mol. The van der Waals surface area contributed by atoms with E-state index < -0.39 is 0 Å². The standard InChI is InChI=1S/C15H17ClN4O2/c1-10-17-14(15(22)19-7-6-11(8-19)9-21)18-20(10)13-4-2-12(16)3-5-13/h2-5,11,21H,6-9H2,1H3. The lowest BCUT2D eigenvalue weighted by molar-refractivity contribution is 0.0770. The van der Waals surface area contributed by atoms with Crippen LogP contribution in [0.15, 0.2) is 24.3 Å². The zero-order valence-electron chi connectivity index (χ0n) is 12.2. The highest BCUT2D eigenvalue weighted by molar-refractivity contribution is 6.30. The summed E-state index contributed by atoms with van der Waals surface area (Å²) in [6, 6.07) is 7.20. The van der Waals surface area contributed by atoms with Crippen LogP contribution in [0.2, 0.25) is 5.02 Å². The van der Waals surface area contributed by atoms with Crippen molar-refractivity contribution >= 4 is 17.5 Å². The van der Waals surface area contributed by atoms with Crippen molar-refractivity contribution in [2.75, 3.05) is 19.7 Å². The molecule has 1 N–H and O–H groups in total. The van der Waals surface area contributed by atoms with Crippen LogP contribution in [-0.2, 0) is 0 Å². The van der Waals surface area contributed by atoms with E-state index in [4.69, 9.17) is 11.6 Å². The van der Waals surface area contributed by atoms with E-state index in [1.807, 2.05) is 12.1 Å². The van der Waals surface area contributed by atoms with Gasteiger partial charge in [-0.1, -0.05) is 11.6 Å². The largest absolute Gasteiger partial charge is 0.396 e. The van der Waals surface area contributed by atoms with E-state index in [1.54, 1.807) is 28.6 Å². The number of amides is 1. The molecule has 1 aromatic heterocycles. The van der Waals surface area contributed by atoms with Crippen molar-refractivity contribution in [3.63, 3.8) is 0 Å². The second kappa shape index (κ2) is 6.06. The number of carbonyl (C=O) groups is 1. The molecule has 0 saturated carbocycles. The molecule has 116 valence electrons. The van der Waals surface area contributed by atoms with Crippen LogP contribution in [0.4, 0.5) is 0 Å². The van der Waals surface area contributed by atoms with E-state index >= 15 is 0 Å². The first-order valence-electron chi connectivity index (χ1n) is 7.18. The molecule has 1 fully saturated rings. The lowest BCUT2D eigenvalue weighted by atomic mass is 10.1. The van der Waals surface area contributed by atoms with Crippen LogP contribution in [0, 0.1) is 12.8 Å². The first-order chi connectivity index (χ1) is 10.6. The summed E-state index contributed by atoms with van der Waals surface area (Å²) >= 11 is 5.88. The summed E-state index contributed by atoms with van der Waals surface area (Å²) in [6.07, 6.45) is 0.819. The third-order valence-electron chi connectivity index (χ3n) is 3.86. The quantitative estimate of drug-likeness (QED) is 0.934. The van der Waals surface area contributed by atoms with Gasteiger partial charge in [-0.25, -0.2) is 9.67 Å². The van der Waals surface area contributed by atoms with Gasteiger partial charge in [0.15, 0.2) is 0 Å². The van der Waals surface area contributed by atoms with Crippen LogP contribution in [-0.4, -0.2) is 50.4 Å². The van der Waals surface area contributed by atoms with Crippen molar-refractivity contribution in [1.29, 1.82) is 0 Å². The number of nitrogens with zero attached hydrogens (tertiary/aromatic N) is 4. The second-order valence-electron chi connectivity index (χ2n) is 5.46. The Bertz CT molecular complexity index is 683. The van der Waals surface area contributed by atoms with Gasteiger partial charge in [0.25, 0.3) is 5.91 Å². The summed E-state index contributed by atoms with van der Waals surface area (Å²) in [6.45, 7) is 3.11. The maximum Gasteiger partial charge on any atom is 0.293 e. The fourth-order valence-corrected chi connectivity index (χ4v) is 2.74. The number of hydrogen-bond donors (Lipinski definition) is 1. The molecule has 22 heavy (non-hydrogen) atoms. The number of aromatic nitrogens is 3. The molecule has 3 rings (SSSR count). The molecule has 1 saturated heterocycles. The maximum absolute atomic E-state index is 12.4. The Morgan fingerprint density at radius 2 is 2.14 bits per heavy atom. The van der Waals surface area contributed by atoms with Crippen molar-refractivity contribution in [2.45, 2.75) is 13.3 Å². The van der Waals surface area contributed by atoms with Crippen LogP contribution in [0.3, 0.4) is 0 Å². The van der Waals surface area contributed by atoms with Gasteiger partial charge in [-0.05, 0) is 37.6 Å². The van der Waals surface area contributed by atoms with Crippen molar-refractivity contribution < 1.29 is 9.90 Å². The zero-order valence-corrected chi connectivity index (χ0v) is 13.0. The molecule has 0 spiro atoms. The minimum absolute atomic E-state index is 0.107. The predicted octanol–water partition coefficient (Wildman–Crippen LogP) is 1.68. The Labute approximate surface area is 133 Å². The molecule has 0 radical (unpaired) electrons. The van der Waals surface area contributed by atoms with Gasteiger partial charge in [0.2, 0.25) is 5.82 Å². The molecule has 1 atom stereocenters. The number of aliphatic hydroxyl groups excluding tert-OH is 1. The maximum atomic E-state index is 12.4. The van der Waals surface area contributed by atoms with Gasteiger partial charge >= 0.3 is 0 Å². The molecule has 1 unspecified atom stereocenters. The monoisotopic (exact) mass is 320 g/mol. The summed E-state index contributed by atoms with van der Waals surface area (Å²) in [5.74, 6) is 0.796. The van der Waals surface area contributed by atoms with Gasteiger partial charge in [-0.3, -0.25) is 4.79 Å². The van der Waals surface area contributed by atoms with Crippen LogP contribution in [0.1, 0.15) is 22.9 Å². The van der Waals surface area contributed by atoms with Crippen LogP contribution < -0.4 is 0 Å². The van der Waals surface area contributed by atoms with Crippen molar-refractivity contribution in [1.82, 2.24) is 19.7 Å². The van der Waals surface area contributed by atoms with Crippen LogP contribution in [0.25, 0.3) is 5.69 Å². The van der Waals surface area contributed by atoms with Gasteiger partial charge in [0, 0.05) is 30.6 Å². The number of carbonyl (C=O) groups excluding carboxylic acids is 1. The van der Waals surface area contributed by atoms with Crippen molar-refractivity contribution in [2.24, 2.45) is 5.92 Å². The summed E-state index contributed by atoms with van der Waals surface area (Å²) in [7, 11) is 0. The number of aliphatic hydroxyl groups is 1. The minimum Gasteiger partial charge on any atom is -0.396 e. The first kappa shape index (κ1) is 15.0. The SMILES string of the molecule is Cc1nc(C(=O)N2CCC(CO)C2)nn1-c1ccc(Cl)cc1. The summed E-state index contributed by atoms with van der Waals surface area (Å²) in [5, 5.41) is 14.1. The number of hydrogen-bond acceptors (Lipinski definition) is 4. The van der Waals surface area contributed by atoms with E-state index in [0.29, 0.717) is 23.9 Å². The number of halogens is 1. The summed E-state index contributed by atoms with van der Waals surface area (Å²) in [5.41, 5.74) is 0.808. The van der Waals surface area contributed by atoms with E-state index in [9.17, 15) is 9.90 Å². The Morgan fingerprint density at radius 3 is 2.77 bits per heavy atom. The molecule has 0 aliphatic carbocycles. The third-order valence-corrected chi connectivity index (χ3v) is 4.11. The van der Waals surface area contributed by atoms with E-state index in [2.05, 4.69) is 10.1 Å². The summed E-state index contributed by atoms with van der Waals surface area (Å²) in [4.78, 5) is 18.4. The van der Waals surface area contributed by atoms with Crippen LogP contribution in [0.5, 0.6) is 0 Å². The number of likely N-dealkylation sites (tertiary alicyclic amines) is 1. The smallest absolute Gasteiger partial charge is 0.293 e. The molecule has 2 heterocycles. The molecular weight excluding hydrogens is 304 g/mol. The molecule has 1 aliphatic heterocycles. The molecule has 1 amide bonds. The van der Waals surface area contributed by atoms with Gasteiger partial charge in [-0.15, -0.1) is 5.10 Å². The Kier molecular flexibility index (Phi) is 4.13. The lowest BCUT2D eigenvalue weighted by Gasteiger charge is -2.13. The molecule has 0 bridgehead atoms. The number of aryl methyl sites for hydroxylation is 1. The topological polar surface area (TPSA) is 71.2 Å². The van der Waals surface area contributed by atoms with E-state index in [-0.39, 0.29) is 24.3 Å². The highest BCUT2D eigenvalue weighted by Crippen LogP contribution is 2.18. The molecule has 6 nitrogen and oxygen atoms in total. The normalized spacial score (nSPS) is 18.0. The average molecular weight is 321 g/mol. The van der Waals surface area contributed by atoms with Crippen molar-refractivity contribution in [3.8, 4) is 5.69 Å². The first-order valence-corrected chi connectivity index (χ1v) is 7.56. The molecule has 1 aromatic carbocycles. The van der Waals surface area contributed by atoms with E-state index in [0.717, 1.165) is 12.1 Å². The van der Waals surface area contributed by atoms with Gasteiger partial charge in [0.1, 0.15) is 5.82 Å². The lowest BCUT2D eigenvalue weighted by Crippen LogP contribution is -2.30. The van der Waals surface area contributed by atoms with Gasteiger partial charge < -0.3 is 10.0 Å². The van der Waals surface area contributed by atoms with Crippen LogP contribution >= 0.6 is 11.6 Å². The average Bonchev–Trinajstić information content (AvgIpc) is 3.14. The van der Waals surface area contributed by atoms with Crippen molar-refractivity contribution in [3.05, 3.63) is 40.9 Å². The fourth-order valence-electron chi connectivity index (χ4n) is 2.62.